The van der Waals surface area contributed by atoms with Gasteiger partial charge in [-0.15, -0.1) is 0 Å². The zero-order valence-corrected chi connectivity index (χ0v) is 24.6. The summed E-state index contributed by atoms with van der Waals surface area (Å²) >= 11 is 0. The molecular formula is C31H39N3O7. The lowest BCUT2D eigenvalue weighted by Crippen LogP contribution is -2.51. The van der Waals surface area contributed by atoms with E-state index in [4.69, 9.17) is 15.9 Å². The third kappa shape index (κ3) is 10.5. The van der Waals surface area contributed by atoms with Crippen LogP contribution in [-0.4, -0.2) is 57.7 Å². The molecule has 2 aromatic carbocycles. The number of rotatable bonds is 9. The molecule has 0 fully saturated rings. The van der Waals surface area contributed by atoms with Crippen molar-refractivity contribution in [2.45, 2.75) is 78.2 Å². The number of aromatic hydroxyl groups is 1. The second-order valence-electron chi connectivity index (χ2n) is 11.5. The lowest BCUT2D eigenvalue weighted by Gasteiger charge is -2.30. The molecule has 41 heavy (non-hydrogen) atoms. The molecule has 2 aromatic rings. The summed E-state index contributed by atoms with van der Waals surface area (Å²) in [7, 11) is 0. The van der Waals surface area contributed by atoms with E-state index in [9.17, 15) is 24.3 Å². The van der Waals surface area contributed by atoms with Crippen molar-refractivity contribution in [3.05, 3.63) is 65.2 Å². The molecule has 0 heterocycles. The number of ether oxygens (including phenoxy) is 2. The number of alkyl carbamates (subject to hydrolysis) is 1. The molecule has 3 N–H and O–H groups in total. The number of terminal acetylenes is 1. The fourth-order valence-corrected chi connectivity index (χ4v) is 3.77. The van der Waals surface area contributed by atoms with E-state index < -0.39 is 53.7 Å². The maximum atomic E-state index is 13.9. The first-order valence-electron chi connectivity index (χ1n) is 13.1. The molecule has 2 unspecified atom stereocenters. The molecule has 0 bridgehead atoms. The quantitative estimate of drug-likeness (QED) is 0.239. The maximum Gasteiger partial charge on any atom is 0.408 e. The van der Waals surface area contributed by atoms with E-state index in [2.05, 4.69) is 16.7 Å². The predicted molar refractivity (Wildman–Crippen MR) is 153 cm³/mol. The molecule has 0 aromatic heterocycles. The average Bonchev–Trinajstić information content (AvgIpc) is 2.85. The number of esters is 1. The van der Waals surface area contributed by atoms with Crippen LogP contribution in [0.3, 0.4) is 0 Å². The summed E-state index contributed by atoms with van der Waals surface area (Å²) in [5.41, 5.74) is -0.126. The third-order valence-corrected chi connectivity index (χ3v) is 5.52. The van der Waals surface area contributed by atoms with Crippen molar-refractivity contribution in [1.82, 2.24) is 15.5 Å². The maximum absolute atomic E-state index is 13.9. The van der Waals surface area contributed by atoms with Gasteiger partial charge in [-0.05, 0) is 77.3 Å². The molecule has 0 saturated heterocycles. The fraction of sp³-hybridized carbons (Fsp3) is 0.419. The van der Waals surface area contributed by atoms with Crippen molar-refractivity contribution < 1.29 is 33.8 Å². The molecule has 0 spiro atoms. The van der Waals surface area contributed by atoms with E-state index in [1.54, 1.807) is 48.5 Å². The third-order valence-electron chi connectivity index (χ3n) is 5.52. The Hall–Kier alpha value is -4.52. The Balaban J connectivity index is 2.43. The van der Waals surface area contributed by atoms with Crippen molar-refractivity contribution in [3.63, 3.8) is 0 Å². The zero-order chi connectivity index (χ0) is 31.0. The van der Waals surface area contributed by atoms with E-state index in [1.165, 1.54) is 18.2 Å². The van der Waals surface area contributed by atoms with Crippen LogP contribution < -0.4 is 10.6 Å². The summed E-state index contributed by atoms with van der Waals surface area (Å²) in [5, 5.41) is 15.1. The van der Waals surface area contributed by atoms with Crippen molar-refractivity contribution in [2.75, 3.05) is 6.54 Å². The van der Waals surface area contributed by atoms with E-state index >= 15 is 0 Å². The van der Waals surface area contributed by atoms with Crippen molar-refractivity contribution >= 4 is 23.9 Å². The number of benzene rings is 2. The van der Waals surface area contributed by atoms with Gasteiger partial charge in [0.05, 0.1) is 0 Å². The van der Waals surface area contributed by atoms with E-state index in [1.807, 2.05) is 30.3 Å². The van der Waals surface area contributed by atoms with Gasteiger partial charge in [0.1, 0.15) is 35.6 Å². The van der Waals surface area contributed by atoms with E-state index in [0.717, 1.165) is 10.5 Å². The molecule has 2 rings (SSSR count). The van der Waals surface area contributed by atoms with Crippen LogP contribution in [0, 0.1) is 19.4 Å². The number of aryl methyl sites for hydroxylation is 1. The van der Waals surface area contributed by atoms with Crippen LogP contribution in [0.1, 0.15) is 64.3 Å². The van der Waals surface area contributed by atoms with Gasteiger partial charge in [-0.3, -0.25) is 14.5 Å². The molecule has 0 aliphatic rings. The molecule has 3 amide bonds. The molecule has 220 valence electrons. The molecule has 10 heteroatoms. The second kappa shape index (κ2) is 13.7. The molecule has 0 aliphatic carbocycles. The van der Waals surface area contributed by atoms with Gasteiger partial charge in [-0.1, -0.05) is 42.8 Å². The van der Waals surface area contributed by atoms with Gasteiger partial charge in [0.15, 0.2) is 0 Å². The van der Waals surface area contributed by atoms with Crippen LogP contribution in [0.5, 0.6) is 5.75 Å². The van der Waals surface area contributed by atoms with Gasteiger partial charge < -0.3 is 25.2 Å². The van der Waals surface area contributed by atoms with E-state index in [0.29, 0.717) is 5.56 Å². The lowest BCUT2D eigenvalue weighted by molar-refractivity contribution is -0.159. The van der Waals surface area contributed by atoms with Crippen LogP contribution >= 0.6 is 0 Å². The number of amides is 3. The van der Waals surface area contributed by atoms with Gasteiger partial charge in [0.25, 0.3) is 5.91 Å². The molecule has 0 radical (unpaired) electrons. The zero-order valence-electron chi connectivity index (χ0n) is 24.6. The summed E-state index contributed by atoms with van der Waals surface area (Å²) in [6.45, 7) is 11.2. The summed E-state index contributed by atoms with van der Waals surface area (Å²) in [4.78, 5) is 53.2. The number of nitrogens with zero attached hydrogens (tertiary/aromatic N) is 1. The first-order chi connectivity index (χ1) is 19.0. The predicted octanol–water partition coefficient (Wildman–Crippen LogP) is 3.75. The van der Waals surface area contributed by atoms with Crippen molar-refractivity contribution in [3.8, 4) is 18.2 Å². The monoisotopic (exact) mass is 565 g/mol. The van der Waals surface area contributed by atoms with Crippen molar-refractivity contribution in [2.24, 2.45) is 0 Å². The Morgan fingerprint density at radius 2 is 1.59 bits per heavy atom. The Morgan fingerprint density at radius 1 is 0.976 bits per heavy atom. The van der Waals surface area contributed by atoms with Gasteiger partial charge >= 0.3 is 12.1 Å². The molecule has 0 saturated carbocycles. The van der Waals surface area contributed by atoms with Gasteiger partial charge in [-0.2, -0.15) is 0 Å². The number of phenols is 1. The highest BCUT2D eigenvalue weighted by Crippen LogP contribution is 2.26. The number of carbonyl (C=O) groups excluding carboxylic acids is 4. The first kappa shape index (κ1) is 32.7. The smallest absolute Gasteiger partial charge is 0.408 e. The lowest BCUT2D eigenvalue weighted by atomic mass is 10.00. The minimum Gasteiger partial charge on any atom is -0.508 e. The SMILES string of the molecule is C#CN(C(=O)CNC(=O)OC(C)(C)C)C(C(=O)NC(Cc1ccccc1)C(=O)OC(C)(C)C)c1ccc(O)c(C)c1. The van der Waals surface area contributed by atoms with Gasteiger partial charge in [-0.25, -0.2) is 9.59 Å². The number of phenolic OH excluding ortho intramolecular Hbond substituents is 1. The molecule has 2 atom stereocenters. The molecular weight excluding hydrogens is 526 g/mol. The van der Waals surface area contributed by atoms with Gasteiger partial charge in [0.2, 0.25) is 5.91 Å². The Kier molecular flexibility index (Phi) is 10.9. The molecule has 0 aliphatic heterocycles. The highest BCUT2D eigenvalue weighted by atomic mass is 16.6. The van der Waals surface area contributed by atoms with Crippen LogP contribution in [-0.2, 0) is 30.3 Å². The minimum absolute atomic E-state index is 0.0196. The average molecular weight is 566 g/mol. The highest BCUT2D eigenvalue weighted by Gasteiger charge is 2.35. The normalized spacial score (nSPS) is 12.7. The fourth-order valence-electron chi connectivity index (χ4n) is 3.77. The first-order valence-corrected chi connectivity index (χ1v) is 13.1. The number of carbonyl (C=O) groups is 4. The Morgan fingerprint density at radius 3 is 2.12 bits per heavy atom. The second-order valence-corrected chi connectivity index (χ2v) is 11.5. The van der Waals surface area contributed by atoms with E-state index in [-0.39, 0.29) is 17.7 Å². The van der Waals surface area contributed by atoms with Crippen LogP contribution in [0.2, 0.25) is 0 Å². The Labute approximate surface area is 241 Å². The van der Waals surface area contributed by atoms with Crippen LogP contribution in [0.4, 0.5) is 4.79 Å². The summed E-state index contributed by atoms with van der Waals surface area (Å²) < 4.78 is 10.7. The summed E-state index contributed by atoms with van der Waals surface area (Å²) in [5.74, 6) is -2.22. The summed E-state index contributed by atoms with van der Waals surface area (Å²) in [6, 6.07) is 13.1. The number of hydrogen-bond acceptors (Lipinski definition) is 7. The topological polar surface area (TPSA) is 134 Å². The van der Waals surface area contributed by atoms with Crippen LogP contribution in [0.15, 0.2) is 48.5 Å². The largest absolute Gasteiger partial charge is 0.508 e. The number of hydrogen-bond donors (Lipinski definition) is 3. The number of nitrogens with one attached hydrogen (secondary N) is 2. The Bertz CT molecular complexity index is 1290. The standard InChI is InChI=1S/C31H39N3O7/c1-9-34(25(36)19-32-29(39)41-31(6,7)8)26(22-15-16-24(35)20(2)17-22)27(37)33-23(28(38)40-30(3,4)5)18-21-13-11-10-12-14-21/h1,10-17,23,26,35H,18-19H2,2-8H3,(H,32,39)(H,33,37). The van der Waals surface area contributed by atoms with Crippen LogP contribution in [0.25, 0.3) is 0 Å². The molecule has 10 nitrogen and oxygen atoms in total. The van der Waals surface area contributed by atoms with Gasteiger partial charge in [0, 0.05) is 12.5 Å². The minimum atomic E-state index is -1.41. The van der Waals surface area contributed by atoms with Crippen molar-refractivity contribution in [1.29, 1.82) is 0 Å². The highest BCUT2D eigenvalue weighted by molar-refractivity contribution is 5.93. The summed E-state index contributed by atoms with van der Waals surface area (Å²) in [6.07, 6.45) is 5.00.